The number of amides is 1. The van der Waals surface area contributed by atoms with Crippen LogP contribution >= 0.6 is 0 Å². The van der Waals surface area contributed by atoms with Crippen molar-refractivity contribution in [2.24, 2.45) is 0 Å². The predicted molar refractivity (Wildman–Crippen MR) is 96.8 cm³/mol. The molecule has 1 atom stereocenters. The first-order chi connectivity index (χ1) is 13.1. The molecule has 0 bridgehead atoms. The van der Waals surface area contributed by atoms with Gasteiger partial charge in [-0.2, -0.15) is 0 Å². The third kappa shape index (κ3) is 4.53. The maximum Gasteiger partial charge on any atom is 0.256 e. The van der Waals surface area contributed by atoms with Crippen molar-refractivity contribution in [2.75, 3.05) is 13.7 Å². The Hall–Kier alpha value is -3.13. The number of nitrogens with zero attached hydrogens (tertiary/aromatic N) is 5. The van der Waals surface area contributed by atoms with Crippen LogP contribution in [-0.4, -0.2) is 50.3 Å². The summed E-state index contributed by atoms with van der Waals surface area (Å²) in [5.41, 5.74) is 1.14. The maximum absolute atomic E-state index is 13.5. The van der Waals surface area contributed by atoms with E-state index in [-0.39, 0.29) is 24.3 Å². The Labute approximate surface area is 156 Å². The number of carbonyl (C=O) groups is 1. The average Bonchev–Trinajstić information content (AvgIpc) is 3.21. The molecule has 3 rings (SSSR count). The lowest BCUT2D eigenvalue weighted by molar-refractivity contribution is 0.0541. The lowest BCUT2D eigenvalue weighted by Gasteiger charge is -2.29. The van der Waals surface area contributed by atoms with Crippen molar-refractivity contribution in [1.29, 1.82) is 0 Å². The minimum Gasteiger partial charge on any atom is -0.383 e. The Bertz CT molecular complexity index is 883. The molecule has 1 amide bonds. The fourth-order valence-corrected chi connectivity index (χ4v) is 2.74. The van der Waals surface area contributed by atoms with Gasteiger partial charge in [0.2, 0.25) is 0 Å². The summed E-state index contributed by atoms with van der Waals surface area (Å²) < 4.78 is 20.4. The summed E-state index contributed by atoms with van der Waals surface area (Å²) in [6.07, 6.45) is 4.57. The van der Waals surface area contributed by atoms with E-state index in [0.29, 0.717) is 23.6 Å². The molecule has 7 nitrogen and oxygen atoms in total. The average molecular weight is 369 g/mol. The van der Waals surface area contributed by atoms with Gasteiger partial charge in [0.1, 0.15) is 24.3 Å². The number of hydrogen-bond donors (Lipinski definition) is 0. The van der Waals surface area contributed by atoms with Gasteiger partial charge in [0.15, 0.2) is 0 Å². The van der Waals surface area contributed by atoms with Gasteiger partial charge in [-0.3, -0.25) is 9.36 Å². The van der Waals surface area contributed by atoms with Crippen LogP contribution < -0.4 is 0 Å². The maximum atomic E-state index is 13.5. The van der Waals surface area contributed by atoms with E-state index in [1.165, 1.54) is 31.0 Å². The number of carbonyl (C=O) groups excluding carboxylic acids is 1. The monoisotopic (exact) mass is 369 g/mol. The molecule has 27 heavy (non-hydrogen) atoms. The fourth-order valence-electron chi connectivity index (χ4n) is 2.74. The van der Waals surface area contributed by atoms with Crippen LogP contribution in [0.15, 0.2) is 55.2 Å². The second-order valence-corrected chi connectivity index (χ2v) is 6.14. The Morgan fingerprint density at radius 3 is 2.67 bits per heavy atom. The van der Waals surface area contributed by atoms with Crippen molar-refractivity contribution in [2.45, 2.75) is 19.5 Å². The molecule has 0 aliphatic carbocycles. The van der Waals surface area contributed by atoms with E-state index >= 15 is 0 Å². The number of rotatable bonds is 7. The molecule has 0 N–H and O–H groups in total. The van der Waals surface area contributed by atoms with E-state index in [0.717, 1.165) is 0 Å². The van der Waals surface area contributed by atoms with E-state index in [2.05, 4.69) is 15.2 Å². The van der Waals surface area contributed by atoms with Gasteiger partial charge >= 0.3 is 0 Å². The van der Waals surface area contributed by atoms with Crippen LogP contribution in [-0.2, 0) is 11.3 Å². The molecule has 0 saturated heterocycles. The largest absolute Gasteiger partial charge is 0.383 e. The fraction of sp³-hybridized carbons (Fsp3) is 0.263. The van der Waals surface area contributed by atoms with Crippen molar-refractivity contribution in [3.8, 4) is 5.82 Å². The molecule has 3 aromatic rings. The number of halogens is 1. The van der Waals surface area contributed by atoms with Crippen molar-refractivity contribution in [1.82, 2.24) is 24.6 Å². The van der Waals surface area contributed by atoms with Gasteiger partial charge in [0.05, 0.1) is 18.2 Å². The summed E-state index contributed by atoms with van der Waals surface area (Å²) in [7, 11) is 1.58. The summed E-state index contributed by atoms with van der Waals surface area (Å²) in [6, 6.07) is 9.44. The number of methoxy groups -OCH3 is 1. The van der Waals surface area contributed by atoms with Crippen LogP contribution in [0.2, 0.25) is 0 Å². The van der Waals surface area contributed by atoms with Crippen LogP contribution in [0.4, 0.5) is 4.39 Å². The molecule has 0 aliphatic heterocycles. The van der Waals surface area contributed by atoms with Crippen molar-refractivity contribution in [3.63, 3.8) is 0 Å². The van der Waals surface area contributed by atoms with Crippen LogP contribution in [0.5, 0.6) is 0 Å². The zero-order valence-corrected chi connectivity index (χ0v) is 15.1. The van der Waals surface area contributed by atoms with Crippen LogP contribution in [0.25, 0.3) is 5.82 Å². The van der Waals surface area contributed by atoms with E-state index in [4.69, 9.17) is 4.74 Å². The van der Waals surface area contributed by atoms with Crippen LogP contribution in [0, 0.1) is 5.82 Å². The molecule has 0 aliphatic rings. The summed E-state index contributed by atoms with van der Waals surface area (Å²) in [5.74, 6) is 0.0732. The van der Waals surface area contributed by atoms with Crippen LogP contribution in [0.1, 0.15) is 22.8 Å². The molecule has 8 heteroatoms. The van der Waals surface area contributed by atoms with Crippen LogP contribution in [0.3, 0.4) is 0 Å². The molecular weight excluding hydrogens is 349 g/mol. The smallest absolute Gasteiger partial charge is 0.256 e. The first-order valence-electron chi connectivity index (χ1n) is 8.44. The van der Waals surface area contributed by atoms with E-state index in [1.54, 1.807) is 40.8 Å². The van der Waals surface area contributed by atoms with Crippen molar-refractivity contribution >= 4 is 5.91 Å². The van der Waals surface area contributed by atoms with Gasteiger partial charge in [0, 0.05) is 19.9 Å². The number of hydrogen-bond acceptors (Lipinski definition) is 5. The van der Waals surface area contributed by atoms with Gasteiger partial charge in [-0.25, -0.2) is 9.37 Å². The standard InChI is InChI=1S/C19H20FN5O2/c1-14(11-27-2)25(10-15-4-3-5-17(20)8-15)19(26)16-6-7-18(21-9-16)24-12-22-23-13-24/h3-9,12-14H,10-11H2,1-2H3/t14-/m0/s1. The van der Waals surface area contributed by atoms with Gasteiger partial charge in [-0.05, 0) is 36.8 Å². The van der Waals surface area contributed by atoms with Crippen molar-refractivity contribution < 1.29 is 13.9 Å². The van der Waals surface area contributed by atoms with Gasteiger partial charge < -0.3 is 9.64 Å². The summed E-state index contributed by atoms with van der Waals surface area (Å²) >= 11 is 0. The summed E-state index contributed by atoms with van der Waals surface area (Å²) in [5, 5.41) is 7.47. The topological polar surface area (TPSA) is 73.1 Å². The quantitative estimate of drug-likeness (QED) is 0.640. The number of benzene rings is 1. The zero-order chi connectivity index (χ0) is 19.2. The lowest BCUT2D eigenvalue weighted by atomic mass is 10.1. The van der Waals surface area contributed by atoms with E-state index in [1.807, 2.05) is 6.92 Å². The minimum absolute atomic E-state index is 0.191. The molecule has 0 radical (unpaired) electrons. The highest BCUT2D eigenvalue weighted by molar-refractivity contribution is 5.94. The first kappa shape index (κ1) is 18.7. The van der Waals surface area contributed by atoms with Crippen molar-refractivity contribution in [3.05, 3.63) is 72.2 Å². The number of ether oxygens (including phenoxy) is 1. The Morgan fingerprint density at radius 2 is 2.04 bits per heavy atom. The summed E-state index contributed by atoms with van der Waals surface area (Å²) in [6.45, 7) is 2.53. The molecule has 0 unspecified atom stereocenters. The molecule has 140 valence electrons. The number of aromatic nitrogens is 4. The molecule has 0 fully saturated rings. The molecular formula is C19H20FN5O2. The number of pyridine rings is 1. The molecule has 0 spiro atoms. The highest BCUT2D eigenvalue weighted by Crippen LogP contribution is 2.15. The zero-order valence-electron chi connectivity index (χ0n) is 15.1. The highest BCUT2D eigenvalue weighted by atomic mass is 19.1. The Balaban J connectivity index is 1.83. The van der Waals surface area contributed by atoms with E-state index in [9.17, 15) is 9.18 Å². The van der Waals surface area contributed by atoms with Gasteiger partial charge in [0.25, 0.3) is 5.91 Å². The predicted octanol–water partition coefficient (Wildman–Crippen LogP) is 2.48. The summed E-state index contributed by atoms with van der Waals surface area (Å²) in [4.78, 5) is 19.0. The highest BCUT2D eigenvalue weighted by Gasteiger charge is 2.22. The molecule has 2 aromatic heterocycles. The lowest BCUT2D eigenvalue weighted by Crippen LogP contribution is -2.40. The van der Waals surface area contributed by atoms with E-state index < -0.39 is 0 Å². The third-order valence-corrected chi connectivity index (χ3v) is 4.12. The molecule has 1 aromatic carbocycles. The first-order valence-corrected chi connectivity index (χ1v) is 8.44. The minimum atomic E-state index is -0.334. The second kappa shape index (κ2) is 8.50. The molecule has 0 saturated carbocycles. The Kier molecular flexibility index (Phi) is 5.87. The normalized spacial score (nSPS) is 12.0. The SMILES string of the molecule is COC[C@H](C)N(Cc1cccc(F)c1)C(=O)c1ccc(-n2cnnc2)nc1. The second-order valence-electron chi connectivity index (χ2n) is 6.14. The third-order valence-electron chi connectivity index (χ3n) is 4.12. The van der Waals surface area contributed by atoms with Gasteiger partial charge in [-0.15, -0.1) is 10.2 Å². The Morgan fingerprint density at radius 1 is 1.26 bits per heavy atom. The van der Waals surface area contributed by atoms with Gasteiger partial charge in [-0.1, -0.05) is 12.1 Å². The molecule has 2 heterocycles.